The van der Waals surface area contributed by atoms with Gasteiger partial charge in [0.15, 0.2) is 6.29 Å². The summed E-state index contributed by atoms with van der Waals surface area (Å²) in [7, 11) is 0. The predicted molar refractivity (Wildman–Crippen MR) is 55.9 cm³/mol. The Kier molecular flexibility index (Phi) is 2.30. The Balaban J connectivity index is 2.60. The molecule has 2 aromatic rings. The van der Waals surface area contributed by atoms with Gasteiger partial charge in [0.1, 0.15) is 0 Å². The van der Waals surface area contributed by atoms with Crippen molar-refractivity contribution in [1.82, 2.24) is 0 Å². The molecule has 0 aliphatic carbocycles. The van der Waals surface area contributed by atoms with Crippen molar-refractivity contribution >= 4 is 40.1 Å². The highest BCUT2D eigenvalue weighted by atomic mass is 32.1. The van der Waals surface area contributed by atoms with Crippen LogP contribution >= 0.6 is 11.3 Å². The predicted octanol–water partition coefficient (Wildman–Crippen LogP) is 2.77. The summed E-state index contributed by atoms with van der Waals surface area (Å²) < 4.78 is 37.9. The number of hydrogen-bond acceptors (Lipinski definition) is 2. The fourth-order valence-corrected chi connectivity index (χ4v) is 2.20. The van der Waals surface area contributed by atoms with Gasteiger partial charge in [-0.05, 0) is 17.5 Å². The normalized spacial score (nSPS) is 11.9. The van der Waals surface area contributed by atoms with Gasteiger partial charge in [0.05, 0.1) is 4.88 Å². The average Bonchev–Trinajstić information content (AvgIpc) is 2.57. The Morgan fingerprint density at radius 2 is 1.93 bits per heavy atom. The molecule has 0 fully saturated rings. The Morgan fingerprint density at radius 3 is 2.53 bits per heavy atom. The van der Waals surface area contributed by atoms with Crippen LogP contribution in [0.1, 0.15) is 9.67 Å². The molecule has 0 aliphatic rings. The highest BCUT2D eigenvalue weighted by Crippen LogP contribution is 2.24. The third kappa shape index (κ3) is 1.90. The Bertz CT molecular complexity index is 518. The van der Waals surface area contributed by atoms with E-state index in [-0.39, 0.29) is 0 Å². The minimum Gasteiger partial charge on any atom is -0.445 e. The molecule has 0 unspecified atom stereocenters. The lowest BCUT2D eigenvalue weighted by Gasteiger charge is -2.14. The summed E-state index contributed by atoms with van der Waals surface area (Å²) in [5.41, 5.74) is -0.627. The Labute approximate surface area is 87.6 Å². The van der Waals surface area contributed by atoms with Crippen LogP contribution in [0.15, 0.2) is 24.3 Å². The lowest BCUT2D eigenvalue weighted by Crippen LogP contribution is -2.33. The summed E-state index contributed by atoms with van der Waals surface area (Å²) in [6, 6.07) is 5.00. The number of rotatable bonds is 2. The van der Waals surface area contributed by atoms with Crippen molar-refractivity contribution in [1.29, 1.82) is 0 Å². The van der Waals surface area contributed by atoms with Crippen molar-refractivity contribution in [3.63, 3.8) is 0 Å². The van der Waals surface area contributed by atoms with Crippen LogP contribution in [0.2, 0.25) is 0 Å². The van der Waals surface area contributed by atoms with Crippen molar-refractivity contribution < 1.29 is 17.7 Å². The summed E-state index contributed by atoms with van der Waals surface area (Å²) >= 11 is 1.19. The van der Waals surface area contributed by atoms with Crippen molar-refractivity contribution in [2.24, 2.45) is 0 Å². The summed E-state index contributed by atoms with van der Waals surface area (Å²) in [5.74, 6) is 0. The van der Waals surface area contributed by atoms with Gasteiger partial charge in [-0.3, -0.25) is 4.79 Å². The Hall–Kier alpha value is -1.30. The van der Waals surface area contributed by atoms with Crippen molar-refractivity contribution in [2.75, 3.05) is 0 Å². The topological polar surface area (TPSA) is 17.1 Å². The minimum absolute atomic E-state index is 0.442. The minimum atomic E-state index is -4.97. The molecule has 0 aliphatic heterocycles. The van der Waals surface area contributed by atoms with E-state index in [9.17, 15) is 17.7 Å². The molecule has 1 nitrogen and oxygen atoms in total. The second-order valence-corrected chi connectivity index (χ2v) is 4.25. The number of thiophene rings is 1. The largest absolute Gasteiger partial charge is 0.509 e. The monoisotopic (exact) mass is 229 g/mol. The van der Waals surface area contributed by atoms with E-state index in [1.54, 1.807) is 0 Å². The first-order valence-corrected chi connectivity index (χ1v) is 5.01. The molecule has 1 aromatic heterocycles. The molecule has 6 heteroatoms. The van der Waals surface area contributed by atoms with Crippen LogP contribution in [0.4, 0.5) is 12.9 Å². The maximum atomic E-state index is 12.4. The number of hydrogen-bond donors (Lipinski definition) is 0. The van der Waals surface area contributed by atoms with Crippen molar-refractivity contribution in [3.05, 3.63) is 29.1 Å². The summed E-state index contributed by atoms with van der Waals surface area (Å²) in [6.07, 6.45) is 0.642. The van der Waals surface area contributed by atoms with E-state index < -0.39 is 12.4 Å². The van der Waals surface area contributed by atoms with E-state index in [1.807, 2.05) is 0 Å². The fourth-order valence-electron chi connectivity index (χ4n) is 1.34. The van der Waals surface area contributed by atoms with Crippen LogP contribution in [-0.2, 0) is 0 Å². The van der Waals surface area contributed by atoms with Gasteiger partial charge in [0.2, 0.25) is 0 Å². The molecule has 78 valence electrons. The van der Waals surface area contributed by atoms with Crippen LogP contribution < -0.4 is 5.46 Å². The number of carbonyl (C=O) groups is 1. The van der Waals surface area contributed by atoms with Gasteiger partial charge in [-0.15, -0.1) is 16.8 Å². The molecule has 0 atom stereocenters. The summed E-state index contributed by atoms with van der Waals surface area (Å²) in [5, 5.41) is 0.471. The maximum Gasteiger partial charge on any atom is 0.509 e. The van der Waals surface area contributed by atoms with Crippen molar-refractivity contribution in [2.45, 2.75) is 0 Å². The molecule has 0 spiro atoms. The zero-order valence-corrected chi connectivity index (χ0v) is 8.23. The molecule has 2 rings (SSSR count). The van der Waals surface area contributed by atoms with E-state index in [0.29, 0.717) is 21.2 Å². The highest BCUT2D eigenvalue weighted by Gasteiger charge is 2.25. The van der Waals surface area contributed by atoms with E-state index >= 15 is 0 Å². The van der Waals surface area contributed by atoms with Gasteiger partial charge < -0.3 is 12.9 Å². The first kappa shape index (κ1) is 10.2. The second-order valence-electron chi connectivity index (χ2n) is 3.14. The molecule has 0 amide bonds. The van der Waals surface area contributed by atoms with E-state index in [1.165, 1.54) is 23.5 Å². The molecular formula is C9H5BF3OS-. The van der Waals surface area contributed by atoms with E-state index in [0.717, 1.165) is 12.1 Å². The van der Waals surface area contributed by atoms with Gasteiger partial charge in [-0.25, -0.2) is 0 Å². The first-order chi connectivity index (χ1) is 7.00. The molecule has 15 heavy (non-hydrogen) atoms. The molecule has 0 bridgehead atoms. The lowest BCUT2D eigenvalue weighted by molar-refractivity contribution is 0.112. The number of aldehydes is 1. The number of benzene rings is 1. The highest BCUT2D eigenvalue weighted by molar-refractivity contribution is 7.20. The summed E-state index contributed by atoms with van der Waals surface area (Å²) in [4.78, 5) is 10.9. The second kappa shape index (κ2) is 3.38. The summed E-state index contributed by atoms with van der Waals surface area (Å²) in [6.45, 7) is -4.97. The van der Waals surface area contributed by atoms with Crippen molar-refractivity contribution in [3.8, 4) is 0 Å². The van der Waals surface area contributed by atoms with Crippen LogP contribution in [0.25, 0.3) is 10.1 Å². The number of fused-ring (bicyclic) bond motifs is 1. The molecule has 0 N–H and O–H groups in total. The van der Waals surface area contributed by atoms with E-state index in [2.05, 4.69) is 0 Å². The van der Waals surface area contributed by atoms with Gasteiger partial charge in [-0.2, -0.15) is 0 Å². The van der Waals surface area contributed by atoms with Gasteiger partial charge in [0, 0.05) is 4.70 Å². The third-order valence-electron chi connectivity index (χ3n) is 2.05. The molecule has 1 heterocycles. The van der Waals surface area contributed by atoms with Crippen LogP contribution in [0, 0.1) is 0 Å². The van der Waals surface area contributed by atoms with Gasteiger partial charge in [-0.1, -0.05) is 12.1 Å². The quantitative estimate of drug-likeness (QED) is 0.571. The molecule has 1 aromatic carbocycles. The van der Waals surface area contributed by atoms with E-state index in [4.69, 9.17) is 0 Å². The molecule has 0 saturated carbocycles. The molecular weight excluding hydrogens is 224 g/mol. The van der Waals surface area contributed by atoms with Gasteiger partial charge in [0.25, 0.3) is 0 Å². The average molecular weight is 229 g/mol. The zero-order valence-electron chi connectivity index (χ0n) is 7.41. The standard InChI is InChI=1S/C9H5BF3OS/c11-10(12,13)7-1-2-9-6(3-7)4-8(5-14)15-9/h1-5H/q-1. The van der Waals surface area contributed by atoms with Crippen LogP contribution in [0.3, 0.4) is 0 Å². The molecule has 0 saturated heterocycles. The van der Waals surface area contributed by atoms with Crippen LogP contribution in [-0.4, -0.2) is 13.3 Å². The lowest BCUT2D eigenvalue weighted by atomic mass is 9.80. The fraction of sp³-hybridized carbons (Fsp3) is 0. The number of halogens is 3. The SMILES string of the molecule is O=Cc1cc2cc([B-](F)(F)F)ccc2s1. The maximum absolute atomic E-state index is 12.4. The smallest absolute Gasteiger partial charge is 0.445 e. The number of carbonyl (C=O) groups excluding carboxylic acids is 1. The van der Waals surface area contributed by atoms with Crippen LogP contribution in [0.5, 0.6) is 0 Å². The third-order valence-corrected chi connectivity index (χ3v) is 3.10. The zero-order chi connectivity index (χ0) is 11.1. The van der Waals surface area contributed by atoms with Gasteiger partial charge >= 0.3 is 6.98 Å². The first-order valence-electron chi connectivity index (χ1n) is 4.19. The molecule has 0 radical (unpaired) electrons. The Morgan fingerprint density at radius 1 is 1.20 bits per heavy atom.